The van der Waals surface area contributed by atoms with Crippen LogP contribution in [0.4, 0.5) is 0 Å². The molecule has 1 heterocycles. The molecule has 0 aliphatic carbocycles. The van der Waals surface area contributed by atoms with E-state index in [9.17, 15) is 5.11 Å². The minimum absolute atomic E-state index is 0.451. The van der Waals surface area contributed by atoms with Crippen molar-refractivity contribution < 1.29 is 14.6 Å². The van der Waals surface area contributed by atoms with Crippen LogP contribution in [0.1, 0.15) is 22.9 Å². The highest BCUT2D eigenvalue weighted by molar-refractivity contribution is 5.41. The van der Waals surface area contributed by atoms with Gasteiger partial charge in [0.1, 0.15) is 18.5 Å². The van der Waals surface area contributed by atoms with E-state index < -0.39 is 6.10 Å². The normalized spacial score (nSPS) is 12.2. The molecule has 0 fully saturated rings. The summed E-state index contributed by atoms with van der Waals surface area (Å²) in [6, 6.07) is 11.2. The predicted octanol–water partition coefficient (Wildman–Crippen LogP) is 2.50. The molecule has 1 unspecified atom stereocenters. The molecule has 0 saturated carbocycles. The zero-order valence-electron chi connectivity index (χ0n) is 11.7. The average molecular weight is 273 g/mol. The van der Waals surface area contributed by atoms with Gasteiger partial charge < -0.3 is 14.6 Å². The first kappa shape index (κ1) is 14.5. The van der Waals surface area contributed by atoms with Crippen molar-refractivity contribution in [2.24, 2.45) is 0 Å². The van der Waals surface area contributed by atoms with Crippen molar-refractivity contribution in [1.29, 1.82) is 0 Å². The van der Waals surface area contributed by atoms with Gasteiger partial charge in [-0.2, -0.15) is 0 Å². The number of para-hydroxylation sites is 1. The van der Waals surface area contributed by atoms with Crippen molar-refractivity contribution in [2.45, 2.75) is 13.0 Å². The first-order chi connectivity index (χ1) is 9.74. The summed E-state index contributed by atoms with van der Waals surface area (Å²) in [6.45, 7) is 2.84. The number of pyridine rings is 1. The third-order valence-corrected chi connectivity index (χ3v) is 3.10. The number of hydrogen-bond donors (Lipinski definition) is 1. The maximum absolute atomic E-state index is 10.6. The molecule has 1 aromatic heterocycles. The first-order valence-electron chi connectivity index (χ1n) is 6.54. The third-order valence-electron chi connectivity index (χ3n) is 3.10. The van der Waals surface area contributed by atoms with Gasteiger partial charge in [0.25, 0.3) is 0 Å². The lowest BCUT2D eigenvalue weighted by atomic mass is 10.00. The smallest absolute Gasteiger partial charge is 0.125 e. The number of rotatable bonds is 6. The number of ether oxygens (including phenoxy) is 2. The van der Waals surface area contributed by atoms with Crippen LogP contribution in [0.25, 0.3) is 0 Å². The molecular weight excluding hydrogens is 254 g/mol. The summed E-state index contributed by atoms with van der Waals surface area (Å²) in [5.41, 5.74) is 2.33. The van der Waals surface area contributed by atoms with Crippen LogP contribution < -0.4 is 4.74 Å². The molecule has 2 aromatic rings. The Morgan fingerprint density at radius 3 is 2.60 bits per heavy atom. The number of aliphatic hydroxyl groups is 1. The van der Waals surface area contributed by atoms with Gasteiger partial charge in [-0.1, -0.05) is 24.3 Å². The van der Waals surface area contributed by atoms with Crippen molar-refractivity contribution in [3.8, 4) is 5.75 Å². The van der Waals surface area contributed by atoms with Crippen molar-refractivity contribution in [1.82, 2.24) is 4.98 Å². The zero-order chi connectivity index (χ0) is 14.4. The molecule has 2 rings (SSSR count). The monoisotopic (exact) mass is 273 g/mol. The van der Waals surface area contributed by atoms with Crippen molar-refractivity contribution in [3.05, 3.63) is 59.4 Å². The van der Waals surface area contributed by atoms with E-state index in [1.54, 1.807) is 13.3 Å². The van der Waals surface area contributed by atoms with Gasteiger partial charge in [-0.05, 0) is 19.1 Å². The van der Waals surface area contributed by atoms with Crippen LogP contribution in [-0.2, 0) is 4.74 Å². The van der Waals surface area contributed by atoms with E-state index in [0.29, 0.717) is 19.0 Å². The fraction of sp³-hybridized carbons (Fsp3) is 0.312. The number of nitrogens with zero attached hydrogens (tertiary/aromatic N) is 1. The fourth-order valence-corrected chi connectivity index (χ4v) is 2.03. The highest BCUT2D eigenvalue weighted by Gasteiger charge is 2.17. The minimum atomic E-state index is -0.748. The second kappa shape index (κ2) is 7.03. The van der Waals surface area contributed by atoms with Gasteiger partial charge in [0.2, 0.25) is 0 Å². The van der Waals surface area contributed by atoms with Crippen molar-refractivity contribution in [3.63, 3.8) is 0 Å². The van der Waals surface area contributed by atoms with Crippen LogP contribution in [0.2, 0.25) is 0 Å². The molecule has 20 heavy (non-hydrogen) atoms. The Balaban J connectivity index is 2.25. The Morgan fingerprint density at radius 2 is 1.85 bits per heavy atom. The Hall–Kier alpha value is -1.91. The van der Waals surface area contributed by atoms with Gasteiger partial charge in [0.15, 0.2) is 0 Å². The van der Waals surface area contributed by atoms with E-state index in [0.717, 1.165) is 16.8 Å². The van der Waals surface area contributed by atoms with Gasteiger partial charge in [0.05, 0.1) is 6.61 Å². The number of aryl methyl sites for hydroxylation is 1. The van der Waals surface area contributed by atoms with Gasteiger partial charge in [-0.3, -0.25) is 4.98 Å². The summed E-state index contributed by atoms with van der Waals surface area (Å²) >= 11 is 0. The van der Waals surface area contributed by atoms with Crippen LogP contribution in [0.15, 0.2) is 42.6 Å². The Labute approximate surface area is 119 Å². The van der Waals surface area contributed by atoms with Gasteiger partial charge in [-0.25, -0.2) is 0 Å². The zero-order valence-corrected chi connectivity index (χ0v) is 11.7. The fourth-order valence-electron chi connectivity index (χ4n) is 2.03. The molecule has 0 amide bonds. The largest absolute Gasteiger partial charge is 0.491 e. The number of aromatic nitrogens is 1. The highest BCUT2D eigenvalue weighted by atomic mass is 16.5. The van der Waals surface area contributed by atoms with Gasteiger partial charge in [-0.15, -0.1) is 0 Å². The Morgan fingerprint density at radius 1 is 1.10 bits per heavy atom. The molecular formula is C16H19NO3. The lowest BCUT2D eigenvalue weighted by Gasteiger charge is -2.17. The van der Waals surface area contributed by atoms with Gasteiger partial charge in [0, 0.05) is 30.1 Å². The molecule has 4 heteroatoms. The molecule has 106 valence electrons. The van der Waals surface area contributed by atoms with E-state index in [2.05, 4.69) is 4.98 Å². The summed E-state index contributed by atoms with van der Waals surface area (Å²) in [5.74, 6) is 0.667. The van der Waals surface area contributed by atoms with Crippen molar-refractivity contribution >= 4 is 0 Å². The third kappa shape index (κ3) is 3.35. The Bertz CT molecular complexity index is 557. The molecule has 1 atom stereocenters. The molecule has 0 spiro atoms. The maximum Gasteiger partial charge on any atom is 0.125 e. The summed E-state index contributed by atoms with van der Waals surface area (Å²) in [5, 5.41) is 10.6. The second-order valence-corrected chi connectivity index (χ2v) is 4.46. The van der Waals surface area contributed by atoms with E-state index in [1.807, 2.05) is 43.3 Å². The van der Waals surface area contributed by atoms with Crippen LogP contribution in [0.3, 0.4) is 0 Å². The lowest BCUT2D eigenvalue weighted by Crippen LogP contribution is -2.09. The summed E-state index contributed by atoms with van der Waals surface area (Å²) < 4.78 is 10.6. The van der Waals surface area contributed by atoms with Crippen molar-refractivity contribution in [2.75, 3.05) is 20.3 Å². The topological polar surface area (TPSA) is 51.6 Å². The first-order valence-corrected chi connectivity index (χ1v) is 6.54. The molecule has 0 saturated heterocycles. The molecule has 0 radical (unpaired) electrons. The molecule has 0 aliphatic heterocycles. The maximum atomic E-state index is 10.6. The van der Waals surface area contributed by atoms with Crippen LogP contribution in [0.5, 0.6) is 5.75 Å². The molecule has 1 N–H and O–H groups in total. The molecule has 0 aliphatic rings. The second-order valence-electron chi connectivity index (χ2n) is 4.46. The lowest BCUT2D eigenvalue weighted by molar-refractivity contribution is 0.142. The molecule has 4 nitrogen and oxygen atoms in total. The van der Waals surface area contributed by atoms with E-state index >= 15 is 0 Å². The number of hydrogen-bond acceptors (Lipinski definition) is 4. The SMILES string of the molecule is COCCOc1ccccc1C(O)c1cccnc1C. The molecule has 0 bridgehead atoms. The minimum Gasteiger partial charge on any atom is -0.491 e. The summed E-state index contributed by atoms with van der Waals surface area (Å²) in [7, 11) is 1.63. The predicted molar refractivity (Wildman–Crippen MR) is 76.8 cm³/mol. The summed E-state index contributed by atoms with van der Waals surface area (Å²) in [6.07, 6.45) is 0.967. The Kier molecular flexibility index (Phi) is 5.09. The highest BCUT2D eigenvalue weighted by Crippen LogP contribution is 2.30. The number of methoxy groups -OCH3 is 1. The quantitative estimate of drug-likeness (QED) is 0.822. The summed E-state index contributed by atoms with van der Waals surface area (Å²) in [4.78, 5) is 4.21. The van der Waals surface area contributed by atoms with Crippen LogP contribution >= 0.6 is 0 Å². The van der Waals surface area contributed by atoms with E-state index in [-0.39, 0.29) is 0 Å². The average Bonchev–Trinajstić information content (AvgIpc) is 2.48. The molecule has 1 aromatic carbocycles. The van der Waals surface area contributed by atoms with E-state index in [4.69, 9.17) is 9.47 Å². The van der Waals surface area contributed by atoms with Crippen LogP contribution in [0, 0.1) is 6.92 Å². The van der Waals surface area contributed by atoms with E-state index in [1.165, 1.54) is 0 Å². The van der Waals surface area contributed by atoms with Gasteiger partial charge >= 0.3 is 0 Å². The van der Waals surface area contributed by atoms with Crippen LogP contribution in [-0.4, -0.2) is 30.4 Å². The number of aliphatic hydroxyl groups excluding tert-OH is 1. The number of benzene rings is 1. The standard InChI is InChI=1S/C16H19NO3/c1-12-13(7-5-9-17-12)16(18)14-6-3-4-8-15(14)20-11-10-19-2/h3-9,16,18H,10-11H2,1-2H3.